The molecular formula is C16H35IN4S. The van der Waals surface area contributed by atoms with E-state index in [2.05, 4.69) is 33.7 Å². The Morgan fingerprint density at radius 2 is 2.00 bits per heavy atom. The first kappa shape index (κ1) is 22.3. The summed E-state index contributed by atoms with van der Waals surface area (Å²) in [5, 5.41) is 6.85. The highest BCUT2D eigenvalue weighted by Crippen LogP contribution is 2.18. The third-order valence-electron chi connectivity index (χ3n) is 4.20. The molecule has 132 valence electrons. The lowest BCUT2D eigenvalue weighted by Crippen LogP contribution is -2.46. The van der Waals surface area contributed by atoms with E-state index in [1.165, 1.54) is 50.8 Å². The van der Waals surface area contributed by atoms with Crippen LogP contribution in [0, 0.1) is 0 Å². The number of unbranched alkanes of at least 4 members (excludes halogenated alkanes) is 1. The van der Waals surface area contributed by atoms with Crippen molar-refractivity contribution in [3.8, 4) is 0 Å². The lowest BCUT2D eigenvalue weighted by molar-refractivity contribution is 0.147. The standard InChI is InChI=1S/C16H34N4S.HI/c1-4-15-9-5-7-12-20(15)13-11-19-16(17-2)18-10-6-8-14-21-3;/h15H,4-14H2,1-3H3,(H2,17,18,19);1H. The van der Waals surface area contributed by atoms with Gasteiger partial charge in [-0.25, -0.2) is 0 Å². The Morgan fingerprint density at radius 1 is 1.23 bits per heavy atom. The first-order valence-electron chi connectivity index (χ1n) is 8.49. The van der Waals surface area contributed by atoms with E-state index in [1.54, 1.807) is 0 Å². The van der Waals surface area contributed by atoms with Crippen LogP contribution in [0.25, 0.3) is 0 Å². The SMILES string of the molecule is CCC1CCCCN1CCNC(=NC)NCCCCSC.I. The van der Waals surface area contributed by atoms with E-state index in [-0.39, 0.29) is 24.0 Å². The summed E-state index contributed by atoms with van der Waals surface area (Å²) in [6, 6.07) is 0.794. The fourth-order valence-electron chi connectivity index (χ4n) is 2.93. The lowest BCUT2D eigenvalue weighted by atomic mass is 10.0. The van der Waals surface area contributed by atoms with Gasteiger partial charge in [0.15, 0.2) is 5.96 Å². The molecule has 0 aromatic carbocycles. The summed E-state index contributed by atoms with van der Waals surface area (Å²) in [5.41, 5.74) is 0. The van der Waals surface area contributed by atoms with Gasteiger partial charge in [0.2, 0.25) is 0 Å². The van der Waals surface area contributed by atoms with Crippen molar-refractivity contribution in [3.63, 3.8) is 0 Å². The molecule has 0 amide bonds. The summed E-state index contributed by atoms with van der Waals surface area (Å²) in [6.07, 6.45) is 10.1. The summed E-state index contributed by atoms with van der Waals surface area (Å²) in [7, 11) is 1.85. The second kappa shape index (κ2) is 14.9. The zero-order chi connectivity index (χ0) is 15.3. The number of piperidine rings is 1. The van der Waals surface area contributed by atoms with Crippen molar-refractivity contribution < 1.29 is 0 Å². The van der Waals surface area contributed by atoms with Gasteiger partial charge in [0.05, 0.1) is 0 Å². The Labute approximate surface area is 158 Å². The first-order chi connectivity index (χ1) is 10.3. The minimum atomic E-state index is 0. The maximum Gasteiger partial charge on any atom is 0.191 e. The van der Waals surface area contributed by atoms with Crippen LogP contribution in [0.4, 0.5) is 0 Å². The van der Waals surface area contributed by atoms with E-state index < -0.39 is 0 Å². The number of nitrogens with one attached hydrogen (secondary N) is 2. The Bertz CT molecular complexity index is 289. The fourth-order valence-corrected chi connectivity index (χ4v) is 3.43. The predicted octanol–water partition coefficient (Wildman–Crippen LogP) is 3.18. The van der Waals surface area contributed by atoms with Gasteiger partial charge in [-0.2, -0.15) is 11.8 Å². The predicted molar refractivity (Wildman–Crippen MR) is 112 cm³/mol. The zero-order valence-corrected chi connectivity index (χ0v) is 17.7. The molecule has 1 heterocycles. The van der Waals surface area contributed by atoms with Crippen molar-refractivity contribution in [1.82, 2.24) is 15.5 Å². The molecule has 0 aliphatic carbocycles. The topological polar surface area (TPSA) is 39.7 Å². The number of aliphatic imine (C=N–C) groups is 1. The highest BCUT2D eigenvalue weighted by Gasteiger charge is 2.19. The molecule has 1 aliphatic rings. The first-order valence-corrected chi connectivity index (χ1v) is 9.88. The van der Waals surface area contributed by atoms with E-state index in [9.17, 15) is 0 Å². The molecule has 0 radical (unpaired) electrons. The zero-order valence-electron chi connectivity index (χ0n) is 14.6. The molecule has 0 bridgehead atoms. The van der Waals surface area contributed by atoms with E-state index in [4.69, 9.17) is 0 Å². The number of thioether (sulfide) groups is 1. The Kier molecular flexibility index (Phi) is 15.1. The average Bonchev–Trinajstić information content (AvgIpc) is 2.53. The number of likely N-dealkylation sites (tertiary alicyclic amines) is 1. The van der Waals surface area contributed by atoms with Gasteiger partial charge in [0, 0.05) is 32.7 Å². The van der Waals surface area contributed by atoms with Crippen LogP contribution in [0.3, 0.4) is 0 Å². The molecule has 0 saturated carbocycles. The molecule has 1 saturated heterocycles. The number of hydrogen-bond donors (Lipinski definition) is 2. The Balaban J connectivity index is 0.00000441. The van der Waals surface area contributed by atoms with Gasteiger partial charge < -0.3 is 10.6 Å². The van der Waals surface area contributed by atoms with Crippen molar-refractivity contribution in [2.75, 3.05) is 45.2 Å². The minimum Gasteiger partial charge on any atom is -0.356 e. The quantitative estimate of drug-likeness (QED) is 0.249. The summed E-state index contributed by atoms with van der Waals surface area (Å²) < 4.78 is 0. The molecule has 4 nitrogen and oxygen atoms in total. The smallest absolute Gasteiger partial charge is 0.191 e. The van der Waals surface area contributed by atoms with Gasteiger partial charge in [0.25, 0.3) is 0 Å². The fraction of sp³-hybridized carbons (Fsp3) is 0.938. The molecule has 0 spiro atoms. The molecule has 1 fully saturated rings. The van der Waals surface area contributed by atoms with E-state index in [0.29, 0.717) is 0 Å². The number of hydrogen-bond acceptors (Lipinski definition) is 3. The monoisotopic (exact) mass is 442 g/mol. The number of guanidine groups is 1. The number of halogens is 1. The number of nitrogens with zero attached hydrogens (tertiary/aromatic N) is 2. The molecule has 6 heteroatoms. The van der Waals surface area contributed by atoms with Crippen LogP contribution in [-0.4, -0.2) is 62.1 Å². The number of rotatable bonds is 9. The minimum absolute atomic E-state index is 0. The van der Waals surface area contributed by atoms with Gasteiger partial charge in [0.1, 0.15) is 0 Å². The third kappa shape index (κ3) is 9.45. The molecule has 1 rings (SSSR count). The normalized spacial score (nSPS) is 19.6. The van der Waals surface area contributed by atoms with E-state index in [1.807, 2.05) is 18.8 Å². The third-order valence-corrected chi connectivity index (χ3v) is 4.90. The molecule has 1 atom stereocenters. The lowest BCUT2D eigenvalue weighted by Gasteiger charge is -2.35. The van der Waals surface area contributed by atoms with Crippen LogP contribution in [0.1, 0.15) is 45.4 Å². The largest absolute Gasteiger partial charge is 0.356 e. The molecule has 1 unspecified atom stereocenters. The molecule has 0 aromatic rings. The van der Waals surface area contributed by atoms with Crippen LogP contribution in [0.5, 0.6) is 0 Å². The van der Waals surface area contributed by atoms with Crippen molar-refractivity contribution in [2.24, 2.45) is 4.99 Å². The summed E-state index contributed by atoms with van der Waals surface area (Å²) in [5.74, 6) is 2.20. The van der Waals surface area contributed by atoms with E-state index in [0.717, 1.165) is 31.6 Å². The molecule has 1 aliphatic heterocycles. The second-order valence-corrected chi connectivity index (χ2v) is 6.71. The highest BCUT2D eigenvalue weighted by atomic mass is 127. The van der Waals surface area contributed by atoms with Gasteiger partial charge in [-0.3, -0.25) is 9.89 Å². The maximum atomic E-state index is 4.30. The molecule has 0 aromatic heterocycles. The summed E-state index contributed by atoms with van der Waals surface area (Å²) in [4.78, 5) is 6.94. The molecular weight excluding hydrogens is 407 g/mol. The highest BCUT2D eigenvalue weighted by molar-refractivity contribution is 14.0. The maximum absolute atomic E-state index is 4.30. The van der Waals surface area contributed by atoms with E-state index >= 15 is 0 Å². The van der Waals surface area contributed by atoms with Gasteiger partial charge in [-0.15, -0.1) is 24.0 Å². The Hall–Kier alpha value is 0.310. The molecule has 22 heavy (non-hydrogen) atoms. The molecule has 2 N–H and O–H groups in total. The van der Waals surface area contributed by atoms with Gasteiger partial charge in [-0.1, -0.05) is 13.3 Å². The van der Waals surface area contributed by atoms with Crippen LogP contribution in [-0.2, 0) is 0 Å². The average molecular weight is 442 g/mol. The van der Waals surface area contributed by atoms with Gasteiger partial charge >= 0.3 is 0 Å². The summed E-state index contributed by atoms with van der Waals surface area (Å²) >= 11 is 1.92. The van der Waals surface area contributed by atoms with Crippen LogP contribution in [0.2, 0.25) is 0 Å². The second-order valence-electron chi connectivity index (χ2n) is 5.72. The van der Waals surface area contributed by atoms with Crippen molar-refractivity contribution in [3.05, 3.63) is 0 Å². The van der Waals surface area contributed by atoms with Crippen molar-refractivity contribution >= 4 is 41.7 Å². The van der Waals surface area contributed by atoms with Gasteiger partial charge in [-0.05, 0) is 50.7 Å². The Morgan fingerprint density at radius 3 is 2.68 bits per heavy atom. The van der Waals surface area contributed by atoms with Crippen LogP contribution < -0.4 is 10.6 Å². The van der Waals surface area contributed by atoms with Crippen LogP contribution in [0.15, 0.2) is 4.99 Å². The van der Waals surface area contributed by atoms with Crippen molar-refractivity contribution in [1.29, 1.82) is 0 Å². The van der Waals surface area contributed by atoms with Crippen LogP contribution >= 0.6 is 35.7 Å². The summed E-state index contributed by atoms with van der Waals surface area (Å²) in [6.45, 7) is 6.71. The van der Waals surface area contributed by atoms with Crippen molar-refractivity contribution in [2.45, 2.75) is 51.5 Å².